The molecule has 1 N–H and O–H groups in total. The molecule has 4 aromatic rings. The van der Waals surface area contributed by atoms with Crippen LogP contribution in [0.25, 0.3) is 21.9 Å². The molecular weight excluding hydrogens is 558 g/mol. The predicted molar refractivity (Wildman–Crippen MR) is 150 cm³/mol. The van der Waals surface area contributed by atoms with Gasteiger partial charge >= 0.3 is 5.97 Å². The van der Waals surface area contributed by atoms with Crippen LogP contribution in [0, 0.1) is 0 Å². The second kappa shape index (κ2) is 12.9. The third-order valence-electron chi connectivity index (χ3n) is 6.27. The zero-order valence-corrected chi connectivity index (χ0v) is 23.1. The molecule has 2 aromatic heterocycles. The fraction of sp³-hybridized carbons (Fsp3) is 0.276. The number of Topliss-reactive ketones (excluding diaryl/α,β-unsaturated/α-hetero) is 1. The van der Waals surface area contributed by atoms with E-state index in [-0.39, 0.29) is 42.4 Å². The van der Waals surface area contributed by atoms with E-state index in [0.29, 0.717) is 26.9 Å². The summed E-state index contributed by atoms with van der Waals surface area (Å²) in [4.78, 5) is 51.7. The standard InChI is InChI=1S/C29H27ClF2N4O5/c1-3-23(37)27-26(17-8-6-5-7-9-17)21-12-18(30)10-11-20(21)29(40)35(27)15-19-13-22(36(34-19)16-24(31)32)28(39)33-14-25(38)41-4-2/h5-13,24H,3-4,14-16H2,1-2H3,(H,33,39). The van der Waals surface area contributed by atoms with Crippen LogP contribution >= 0.6 is 11.6 Å². The quantitative estimate of drug-likeness (QED) is 0.202. The molecule has 0 aliphatic carbocycles. The Hall–Kier alpha value is -4.38. The largest absolute Gasteiger partial charge is 0.465 e. The molecule has 0 saturated carbocycles. The van der Waals surface area contributed by atoms with Gasteiger partial charge in [-0.15, -0.1) is 0 Å². The number of benzene rings is 2. The van der Waals surface area contributed by atoms with Gasteiger partial charge in [-0.25, -0.2) is 8.78 Å². The lowest BCUT2D eigenvalue weighted by atomic mass is 9.94. The number of nitrogens with one attached hydrogen (secondary N) is 1. The summed E-state index contributed by atoms with van der Waals surface area (Å²) in [6, 6.07) is 15.0. The average molecular weight is 585 g/mol. The number of rotatable bonds is 11. The van der Waals surface area contributed by atoms with Gasteiger partial charge in [-0.05, 0) is 42.1 Å². The minimum absolute atomic E-state index is 0.0761. The van der Waals surface area contributed by atoms with Crippen molar-refractivity contribution in [1.29, 1.82) is 0 Å². The van der Waals surface area contributed by atoms with Crippen LogP contribution in [0.5, 0.6) is 0 Å². The molecule has 0 fully saturated rings. The average Bonchev–Trinajstić information content (AvgIpc) is 3.34. The lowest BCUT2D eigenvalue weighted by molar-refractivity contribution is -0.141. The second-order valence-corrected chi connectivity index (χ2v) is 9.47. The van der Waals surface area contributed by atoms with E-state index in [0.717, 1.165) is 4.68 Å². The summed E-state index contributed by atoms with van der Waals surface area (Å²) >= 11 is 6.29. The van der Waals surface area contributed by atoms with E-state index >= 15 is 0 Å². The number of amides is 1. The Morgan fingerprint density at radius 3 is 2.44 bits per heavy atom. The lowest BCUT2D eigenvalue weighted by Gasteiger charge is -2.19. The summed E-state index contributed by atoms with van der Waals surface area (Å²) in [6.07, 6.45) is -2.76. The van der Waals surface area contributed by atoms with Crippen molar-refractivity contribution in [3.8, 4) is 11.1 Å². The van der Waals surface area contributed by atoms with Crippen LogP contribution in [0.1, 0.15) is 46.9 Å². The fourth-order valence-corrected chi connectivity index (χ4v) is 4.71. The van der Waals surface area contributed by atoms with Crippen molar-refractivity contribution in [2.45, 2.75) is 39.8 Å². The number of hydrogen-bond donors (Lipinski definition) is 1. The van der Waals surface area contributed by atoms with Gasteiger partial charge < -0.3 is 10.1 Å². The van der Waals surface area contributed by atoms with Gasteiger partial charge in [0.2, 0.25) is 0 Å². The van der Waals surface area contributed by atoms with Gasteiger partial charge in [-0.1, -0.05) is 48.9 Å². The second-order valence-electron chi connectivity index (χ2n) is 9.03. The van der Waals surface area contributed by atoms with Crippen LogP contribution < -0.4 is 10.9 Å². The predicted octanol–water partition coefficient (Wildman–Crippen LogP) is 4.72. The highest BCUT2D eigenvalue weighted by molar-refractivity contribution is 6.31. The Bertz CT molecular complexity index is 1670. The van der Waals surface area contributed by atoms with Gasteiger partial charge in [-0.3, -0.25) is 28.4 Å². The van der Waals surface area contributed by atoms with E-state index in [1.54, 1.807) is 56.3 Å². The topological polar surface area (TPSA) is 112 Å². The first-order valence-electron chi connectivity index (χ1n) is 12.9. The third kappa shape index (κ3) is 6.51. The molecule has 12 heteroatoms. The van der Waals surface area contributed by atoms with E-state index in [1.165, 1.54) is 10.6 Å². The maximum absolute atomic E-state index is 13.8. The van der Waals surface area contributed by atoms with Crippen molar-refractivity contribution in [2.24, 2.45) is 0 Å². The van der Waals surface area contributed by atoms with E-state index in [4.69, 9.17) is 16.3 Å². The molecule has 0 atom stereocenters. The highest BCUT2D eigenvalue weighted by Crippen LogP contribution is 2.33. The summed E-state index contributed by atoms with van der Waals surface area (Å²) in [6.45, 7) is 1.73. The summed E-state index contributed by atoms with van der Waals surface area (Å²) in [5.41, 5.74) is 0.616. The first-order chi connectivity index (χ1) is 19.6. The number of alkyl halides is 2. The van der Waals surface area contributed by atoms with Gasteiger partial charge in [0.25, 0.3) is 17.9 Å². The van der Waals surface area contributed by atoms with Gasteiger partial charge in [0.05, 0.1) is 24.5 Å². The Morgan fingerprint density at radius 1 is 1.05 bits per heavy atom. The Balaban J connectivity index is 1.88. The molecule has 1 amide bonds. The molecule has 2 aromatic carbocycles. The Labute approximate surface area is 238 Å². The summed E-state index contributed by atoms with van der Waals surface area (Å²) in [5.74, 6) is -1.85. The smallest absolute Gasteiger partial charge is 0.325 e. The molecule has 2 heterocycles. The number of carbonyl (C=O) groups excluding carboxylic acids is 3. The fourth-order valence-electron chi connectivity index (χ4n) is 4.54. The van der Waals surface area contributed by atoms with Crippen molar-refractivity contribution in [3.63, 3.8) is 0 Å². The van der Waals surface area contributed by atoms with E-state index in [9.17, 15) is 28.0 Å². The molecule has 214 valence electrons. The number of pyridine rings is 1. The van der Waals surface area contributed by atoms with Gasteiger partial charge in [-0.2, -0.15) is 5.10 Å². The van der Waals surface area contributed by atoms with Crippen molar-refractivity contribution in [3.05, 3.63) is 87.1 Å². The third-order valence-corrected chi connectivity index (χ3v) is 6.51. The number of halogens is 3. The zero-order valence-electron chi connectivity index (χ0n) is 22.3. The van der Waals surface area contributed by atoms with Crippen LogP contribution in [0.3, 0.4) is 0 Å². The van der Waals surface area contributed by atoms with E-state index in [2.05, 4.69) is 10.4 Å². The summed E-state index contributed by atoms with van der Waals surface area (Å²) < 4.78 is 33.6. The van der Waals surface area contributed by atoms with Crippen LogP contribution in [-0.4, -0.2) is 51.6 Å². The van der Waals surface area contributed by atoms with Crippen LogP contribution in [0.4, 0.5) is 8.78 Å². The minimum atomic E-state index is -2.84. The maximum atomic E-state index is 13.8. The number of ether oxygens (including phenoxy) is 1. The van der Waals surface area contributed by atoms with Crippen molar-refractivity contribution < 1.29 is 27.9 Å². The van der Waals surface area contributed by atoms with Crippen molar-refractivity contribution >= 4 is 40.0 Å². The minimum Gasteiger partial charge on any atom is -0.465 e. The molecule has 0 aliphatic heterocycles. The first kappa shape index (κ1) is 29.6. The van der Waals surface area contributed by atoms with Crippen molar-refractivity contribution in [1.82, 2.24) is 19.7 Å². The van der Waals surface area contributed by atoms with E-state index in [1.807, 2.05) is 6.07 Å². The molecule has 0 unspecified atom stereocenters. The molecule has 4 rings (SSSR count). The molecule has 0 spiro atoms. The molecule has 0 radical (unpaired) electrons. The number of aromatic nitrogens is 3. The van der Waals surface area contributed by atoms with Crippen molar-refractivity contribution in [2.75, 3.05) is 13.2 Å². The molecular formula is C29H27ClF2N4O5. The maximum Gasteiger partial charge on any atom is 0.325 e. The molecule has 9 nitrogen and oxygen atoms in total. The zero-order chi connectivity index (χ0) is 29.7. The lowest BCUT2D eigenvalue weighted by Crippen LogP contribution is -2.32. The first-order valence-corrected chi connectivity index (χ1v) is 13.3. The summed E-state index contributed by atoms with van der Waals surface area (Å²) in [7, 11) is 0. The molecule has 0 aliphatic rings. The number of carbonyl (C=O) groups is 3. The normalized spacial score (nSPS) is 11.2. The molecule has 41 heavy (non-hydrogen) atoms. The van der Waals surface area contributed by atoms with Crippen LogP contribution in [-0.2, 0) is 22.6 Å². The number of hydrogen-bond acceptors (Lipinski definition) is 6. The van der Waals surface area contributed by atoms with Gasteiger partial charge in [0.1, 0.15) is 18.8 Å². The highest BCUT2D eigenvalue weighted by atomic mass is 35.5. The number of fused-ring (bicyclic) bond motifs is 1. The van der Waals surface area contributed by atoms with E-state index < -0.39 is 37.0 Å². The van der Waals surface area contributed by atoms with Gasteiger partial charge in [0, 0.05) is 22.4 Å². The highest BCUT2D eigenvalue weighted by Gasteiger charge is 2.25. The Kier molecular flexibility index (Phi) is 9.28. The molecule has 0 saturated heterocycles. The van der Waals surface area contributed by atoms with Crippen LogP contribution in [0.15, 0.2) is 59.4 Å². The molecule has 0 bridgehead atoms. The Morgan fingerprint density at radius 2 is 1.78 bits per heavy atom. The number of nitrogens with zero attached hydrogens (tertiary/aromatic N) is 3. The van der Waals surface area contributed by atoms with Gasteiger partial charge in [0.15, 0.2) is 5.78 Å². The summed E-state index contributed by atoms with van der Waals surface area (Å²) in [5, 5.41) is 7.65. The van der Waals surface area contributed by atoms with Crippen LogP contribution in [0.2, 0.25) is 5.02 Å². The number of esters is 1. The number of ketones is 1. The SMILES string of the molecule is CCOC(=O)CNC(=O)c1cc(Cn2c(C(=O)CC)c(-c3ccccc3)c3cc(Cl)ccc3c2=O)nn1CC(F)F. The monoisotopic (exact) mass is 584 g/mol.